The molecule has 0 aromatic heterocycles. The maximum absolute atomic E-state index is 11.4. The summed E-state index contributed by atoms with van der Waals surface area (Å²) in [6.45, 7) is 2.05. The third-order valence-electron chi connectivity index (χ3n) is 2.26. The van der Waals surface area contributed by atoms with Crippen molar-refractivity contribution >= 4 is 11.9 Å². The molecule has 1 heterocycles. The summed E-state index contributed by atoms with van der Waals surface area (Å²) in [5.74, 6) is -1.19. The Morgan fingerprint density at radius 1 is 1.13 bits per heavy atom. The maximum Gasteiger partial charge on any atom is 0.334 e. The Balaban J connectivity index is 2.69. The van der Waals surface area contributed by atoms with Crippen LogP contribution in [-0.4, -0.2) is 63.4 Å². The van der Waals surface area contributed by atoms with Crippen molar-refractivity contribution in [3.8, 4) is 0 Å². The Kier molecular flexibility index (Phi) is 4.51. The van der Waals surface area contributed by atoms with Crippen molar-refractivity contribution in [2.24, 2.45) is 0 Å². The first-order valence-corrected chi connectivity index (χ1v) is 4.68. The van der Waals surface area contributed by atoms with Crippen LogP contribution in [-0.2, 0) is 23.8 Å². The Morgan fingerprint density at radius 3 is 2.00 bits per heavy atom. The Labute approximate surface area is 88.1 Å². The largest absolute Gasteiger partial charge is 0.467 e. The van der Waals surface area contributed by atoms with Crippen LogP contribution >= 0.6 is 0 Å². The standard InChI is InChI=1S/C9H15NO5/c1-13-8(11)7(9(12)14-2)10-3-5-15-6-4-10/h7H,3-6H2,1-2H3. The van der Waals surface area contributed by atoms with Gasteiger partial charge in [0.05, 0.1) is 27.4 Å². The zero-order chi connectivity index (χ0) is 11.3. The Hall–Kier alpha value is -1.14. The smallest absolute Gasteiger partial charge is 0.334 e. The van der Waals surface area contributed by atoms with Crippen LogP contribution in [0.5, 0.6) is 0 Å². The summed E-state index contributed by atoms with van der Waals surface area (Å²) < 4.78 is 14.3. The van der Waals surface area contributed by atoms with Gasteiger partial charge in [-0.25, -0.2) is 9.59 Å². The van der Waals surface area contributed by atoms with E-state index in [2.05, 4.69) is 9.47 Å². The summed E-state index contributed by atoms with van der Waals surface area (Å²) in [6.07, 6.45) is 0. The molecule has 1 rings (SSSR count). The van der Waals surface area contributed by atoms with Crippen LogP contribution in [0.15, 0.2) is 0 Å². The van der Waals surface area contributed by atoms with Gasteiger partial charge in [0, 0.05) is 13.1 Å². The molecule has 0 atom stereocenters. The lowest BCUT2D eigenvalue weighted by Gasteiger charge is -2.30. The first-order valence-electron chi connectivity index (χ1n) is 4.68. The molecule has 0 bridgehead atoms. The summed E-state index contributed by atoms with van der Waals surface area (Å²) in [6, 6.07) is -0.969. The number of hydrogen-bond acceptors (Lipinski definition) is 6. The number of carbonyl (C=O) groups excluding carboxylic acids is 2. The number of nitrogens with zero attached hydrogens (tertiary/aromatic N) is 1. The minimum atomic E-state index is -0.969. The van der Waals surface area contributed by atoms with E-state index in [1.165, 1.54) is 14.2 Å². The molecule has 0 aromatic rings. The molecular weight excluding hydrogens is 202 g/mol. The highest BCUT2D eigenvalue weighted by atomic mass is 16.5. The minimum absolute atomic E-state index is 0.504. The van der Waals surface area contributed by atoms with E-state index in [1.807, 2.05) is 0 Å². The quantitative estimate of drug-likeness (QED) is 0.448. The van der Waals surface area contributed by atoms with Crippen molar-refractivity contribution in [1.29, 1.82) is 0 Å². The van der Waals surface area contributed by atoms with Gasteiger partial charge in [-0.3, -0.25) is 4.90 Å². The molecule has 1 fully saturated rings. The predicted octanol–water partition coefficient (Wildman–Crippen LogP) is -0.967. The van der Waals surface area contributed by atoms with Crippen LogP contribution in [0.2, 0.25) is 0 Å². The van der Waals surface area contributed by atoms with Crippen LogP contribution in [0.4, 0.5) is 0 Å². The van der Waals surface area contributed by atoms with Crippen molar-refractivity contribution in [3.63, 3.8) is 0 Å². The number of hydrogen-bond donors (Lipinski definition) is 0. The average Bonchev–Trinajstić information content (AvgIpc) is 2.30. The molecule has 0 saturated carbocycles. The van der Waals surface area contributed by atoms with Crippen LogP contribution in [0.1, 0.15) is 0 Å². The third-order valence-corrected chi connectivity index (χ3v) is 2.26. The van der Waals surface area contributed by atoms with Crippen molar-refractivity contribution < 1.29 is 23.8 Å². The average molecular weight is 217 g/mol. The van der Waals surface area contributed by atoms with Gasteiger partial charge >= 0.3 is 11.9 Å². The molecule has 0 radical (unpaired) electrons. The van der Waals surface area contributed by atoms with E-state index < -0.39 is 18.0 Å². The van der Waals surface area contributed by atoms with Gasteiger partial charge in [-0.1, -0.05) is 0 Å². The van der Waals surface area contributed by atoms with Crippen LogP contribution in [0.3, 0.4) is 0 Å². The lowest BCUT2D eigenvalue weighted by atomic mass is 10.2. The molecule has 6 heteroatoms. The van der Waals surface area contributed by atoms with E-state index in [1.54, 1.807) is 4.90 Å². The van der Waals surface area contributed by atoms with E-state index in [9.17, 15) is 9.59 Å². The second-order valence-electron chi connectivity index (χ2n) is 3.10. The fourth-order valence-corrected chi connectivity index (χ4v) is 1.45. The van der Waals surface area contributed by atoms with E-state index >= 15 is 0 Å². The van der Waals surface area contributed by atoms with Gasteiger partial charge < -0.3 is 14.2 Å². The normalized spacial score (nSPS) is 17.5. The number of rotatable bonds is 3. The fraction of sp³-hybridized carbons (Fsp3) is 0.778. The molecule has 1 saturated heterocycles. The topological polar surface area (TPSA) is 65.1 Å². The number of carbonyl (C=O) groups is 2. The molecule has 0 amide bonds. The van der Waals surface area contributed by atoms with E-state index in [0.717, 1.165) is 0 Å². The fourth-order valence-electron chi connectivity index (χ4n) is 1.45. The minimum Gasteiger partial charge on any atom is -0.467 e. The van der Waals surface area contributed by atoms with Gasteiger partial charge in [0.25, 0.3) is 0 Å². The van der Waals surface area contributed by atoms with Crippen molar-refractivity contribution in [3.05, 3.63) is 0 Å². The maximum atomic E-state index is 11.4. The molecule has 0 aliphatic carbocycles. The molecule has 1 aliphatic rings. The van der Waals surface area contributed by atoms with Crippen LogP contribution < -0.4 is 0 Å². The number of morpholine rings is 1. The van der Waals surface area contributed by atoms with Gasteiger partial charge in [-0.15, -0.1) is 0 Å². The first kappa shape index (κ1) is 11.9. The molecule has 1 aliphatic heterocycles. The number of methoxy groups -OCH3 is 2. The Bertz CT molecular complexity index is 221. The first-order chi connectivity index (χ1) is 7.20. The monoisotopic (exact) mass is 217 g/mol. The van der Waals surface area contributed by atoms with Gasteiger partial charge in [-0.05, 0) is 0 Å². The summed E-state index contributed by atoms with van der Waals surface area (Å²) in [7, 11) is 2.50. The molecule has 0 N–H and O–H groups in total. The molecule has 0 unspecified atom stereocenters. The van der Waals surface area contributed by atoms with Crippen LogP contribution in [0, 0.1) is 0 Å². The third kappa shape index (κ3) is 2.90. The highest BCUT2D eigenvalue weighted by Gasteiger charge is 2.35. The second kappa shape index (κ2) is 5.67. The second-order valence-corrected chi connectivity index (χ2v) is 3.10. The molecule has 86 valence electrons. The molecule has 0 aromatic carbocycles. The number of esters is 2. The Morgan fingerprint density at radius 2 is 1.60 bits per heavy atom. The van der Waals surface area contributed by atoms with Gasteiger partial charge in [-0.2, -0.15) is 0 Å². The zero-order valence-electron chi connectivity index (χ0n) is 8.89. The van der Waals surface area contributed by atoms with Gasteiger partial charge in [0.2, 0.25) is 6.04 Å². The van der Waals surface area contributed by atoms with E-state index in [4.69, 9.17) is 4.74 Å². The SMILES string of the molecule is COC(=O)C(C(=O)OC)N1CCOCC1. The van der Waals surface area contributed by atoms with Crippen molar-refractivity contribution in [1.82, 2.24) is 4.90 Å². The summed E-state index contributed by atoms with van der Waals surface area (Å²) >= 11 is 0. The highest BCUT2D eigenvalue weighted by molar-refractivity contribution is 5.99. The lowest BCUT2D eigenvalue weighted by molar-refractivity contribution is -0.162. The molecule has 6 nitrogen and oxygen atoms in total. The molecule has 15 heavy (non-hydrogen) atoms. The van der Waals surface area contributed by atoms with E-state index in [-0.39, 0.29) is 0 Å². The van der Waals surface area contributed by atoms with Crippen molar-refractivity contribution in [2.45, 2.75) is 6.04 Å². The highest BCUT2D eigenvalue weighted by Crippen LogP contribution is 2.07. The van der Waals surface area contributed by atoms with Gasteiger partial charge in [0.15, 0.2) is 0 Å². The van der Waals surface area contributed by atoms with Crippen molar-refractivity contribution in [2.75, 3.05) is 40.5 Å². The molecule has 0 spiro atoms. The lowest BCUT2D eigenvalue weighted by Crippen LogP contribution is -2.52. The molecular formula is C9H15NO5. The predicted molar refractivity (Wildman–Crippen MR) is 50.2 cm³/mol. The van der Waals surface area contributed by atoms with E-state index in [0.29, 0.717) is 26.3 Å². The summed E-state index contributed by atoms with van der Waals surface area (Å²) in [5, 5.41) is 0. The zero-order valence-corrected chi connectivity index (χ0v) is 8.89. The van der Waals surface area contributed by atoms with Crippen LogP contribution in [0.25, 0.3) is 0 Å². The summed E-state index contributed by atoms with van der Waals surface area (Å²) in [4.78, 5) is 24.5. The number of ether oxygens (including phenoxy) is 3. The van der Waals surface area contributed by atoms with Gasteiger partial charge in [0.1, 0.15) is 0 Å². The summed E-state index contributed by atoms with van der Waals surface area (Å²) in [5.41, 5.74) is 0.